The van der Waals surface area contributed by atoms with Crippen LogP contribution in [0, 0.1) is 11.8 Å². The lowest BCUT2D eigenvalue weighted by atomic mass is 9.88. The highest BCUT2D eigenvalue weighted by molar-refractivity contribution is 4.88. The normalized spacial score (nSPS) is 13.4. The molecule has 0 amide bonds. The summed E-state index contributed by atoms with van der Waals surface area (Å²) in [5, 5.41) is 4.02. The molecule has 0 spiro atoms. The molecule has 1 rings (SSSR count). The quantitative estimate of drug-likeness (QED) is 0.738. The highest BCUT2D eigenvalue weighted by atomic mass is 16.5. The Morgan fingerprint density at radius 1 is 1.21 bits per heavy atom. The monoisotopic (exact) mass is 268 g/mol. The maximum Gasteiger partial charge on any atom is 0.226 e. The molecule has 0 saturated carbocycles. The van der Waals surface area contributed by atoms with Crippen LogP contribution in [0.25, 0.3) is 0 Å². The number of nitrogens with two attached hydrogens (primary N) is 1. The molecule has 1 aromatic rings. The summed E-state index contributed by atoms with van der Waals surface area (Å²) in [7, 11) is 4.09. The Hall–Kier alpha value is -0.940. The number of likely N-dealkylation sites (N-methyl/N-ethyl adjacent to an activating group) is 1. The van der Waals surface area contributed by atoms with Gasteiger partial charge in [0.2, 0.25) is 5.89 Å². The zero-order valence-corrected chi connectivity index (χ0v) is 12.7. The van der Waals surface area contributed by atoms with Crippen LogP contribution in [-0.2, 0) is 12.8 Å². The molecule has 1 aromatic heterocycles. The van der Waals surface area contributed by atoms with Crippen LogP contribution in [0.15, 0.2) is 4.52 Å². The minimum atomic E-state index is 0.641. The molecule has 0 fully saturated rings. The molecule has 0 aliphatic rings. The van der Waals surface area contributed by atoms with E-state index in [0.29, 0.717) is 11.8 Å². The smallest absolute Gasteiger partial charge is 0.226 e. The molecule has 0 aliphatic carbocycles. The predicted molar refractivity (Wildman–Crippen MR) is 76.9 cm³/mol. The van der Waals surface area contributed by atoms with Gasteiger partial charge in [-0.2, -0.15) is 4.98 Å². The van der Waals surface area contributed by atoms with Gasteiger partial charge in [0.05, 0.1) is 0 Å². The van der Waals surface area contributed by atoms with Crippen LogP contribution in [0.2, 0.25) is 0 Å². The van der Waals surface area contributed by atoms with Crippen LogP contribution in [0.4, 0.5) is 0 Å². The van der Waals surface area contributed by atoms with E-state index in [9.17, 15) is 0 Å². The van der Waals surface area contributed by atoms with Crippen molar-refractivity contribution in [2.75, 3.05) is 27.2 Å². The zero-order valence-electron chi connectivity index (χ0n) is 12.7. The van der Waals surface area contributed by atoms with Gasteiger partial charge in [-0.3, -0.25) is 0 Å². The molecule has 0 saturated heterocycles. The molecule has 0 aromatic carbocycles. The maximum absolute atomic E-state index is 5.65. The Kier molecular flexibility index (Phi) is 7.02. The second kappa shape index (κ2) is 8.27. The van der Waals surface area contributed by atoms with E-state index in [1.165, 1.54) is 0 Å². The first-order valence-electron chi connectivity index (χ1n) is 7.19. The summed E-state index contributed by atoms with van der Waals surface area (Å²) in [6, 6.07) is 0. The van der Waals surface area contributed by atoms with Crippen molar-refractivity contribution >= 4 is 0 Å². The van der Waals surface area contributed by atoms with Gasteiger partial charge in [0.15, 0.2) is 5.82 Å². The van der Waals surface area contributed by atoms with E-state index < -0.39 is 0 Å². The number of hydrogen-bond acceptors (Lipinski definition) is 5. The third kappa shape index (κ3) is 6.16. The second-order valence-electron chi connectivity index (χ2n) is 5.78. The Morgan fingerprint density at radius 2 is 1.95 bits per heavy atom. The van der Waals surface area contributed by atoms with Gasteiger partial charge in [-0.25, -0.2) is 0 Å². The molecular formula is C14H28N4O. The fourth-order valence-electron chi connectivity index (χ4n) is 2.15. The molecule has 5 nitrogen and oxygen atoms in total. The first-order valence-corrected chi connectivity index (χ1v) is 7.19. The van der Waals surface area contributed by atoms with Crippen LogP contribution >= 0.6 is 0 Å². The van der Waals surface area contributed by atoms with E-state index in [1.54, 1.807) is 0 Å². The number of aromatic nitrogens is 2. The lowest BCUT2D eigenvalue weighted by Gasteiger charge is -2.18. The number of hydrogen-bond donors (Lipinski definition) is 1. The Bertz CT molecular complexity index is 349. The van der Waals surface area contributed by atoms with Crippen molar-refractivity contribution in [2.24, 2.45) is 17.6 Å². The molecule has 0 aliphatic heterocycles. The Labute approximate surface area is 116 Å². The lowest BCUT2D eigenvalue weighted by molar-refractivity contribution is 0.312. The molecule has 2 N–H and O–H groups in total. The van der Waals surface area contributed by atoms with Crippen molar-refractivity contribution in [2.45, 2.75) is 39.5 Å². The first-order chi connectivity index (χ1) is 9.02. The third-order valence-electron chi connectivity index (χ3n) is 3.50. The van der Waals surface area contributed by atoms with E-state index >= 15 is 0 Å². The SMILES string of the molecule is CC(C)C(CCN)CCc1nc(CCN(C)C)no1. The molecule has 1 heterocycles. The van der Waals surface area contributed by atoms with Crippen molar-refractivity contribution in [3.05, 3.63) is 11.7 Å². The maximum atomic E-state index is 5.65. The molecular weight excluding hydrogens is 240 g/mol. The van der Waals surface area contributed by atoms with Gasteiger partial charge < -0.3 is 15.2 Å². The summed E-state index contributed by atoms with van der Waals surface area (Å²) in [6.07, 6.45) is 3.84. The van der Waals surface area contributed by atoms with Crippen molar-refractivity contribution < 1.29 is 4.52 Å². The molecule has 0 radical (unpaired) electrons. The predicted octanol–water partition coefficient (Wildman–Crippen LogP) is 1.73. The number of rotatable bonds is 9. The fraction of sp³-hybridized carbons (Fsp3) is 0.857. The molecule has 5 heteroatoms. The summed E-state index contributed by atoms with van der Waals surface area (Å²) in [4.78, 5) is 6.56. The minimum absolute atomic E-state index is 0.641. The molecule has 1 unspecified atom stereocenters. The summed E-state index contributed by atoms with van der Waals surface area (Å²) in [5.41, 5.74) is 5.65. The van der Waals surface area contributed by atoms with Gasteiger partial charge in [0.25, 0.3) is 0 Å². The zero-order chi connectivity index (χ0) is 14.3. The van der Waals surface area contributed by atoms with Gasteiger partial charge in [0.1, 0.15) is 0 Å². The number of aryl methyl sites for hydroxylation is 1. The standard InChI is InChI=1S/C14H28N4O/c1-11(2)12(7-9-15)5-6-14-16-13(17-19-14)8-10-18(3)4/h11-12H,5-10,15H2,1-4H3. The first kappa shape index (κ1) is 16.1. The van der Waals surface area contributed by atoms with Crippen molar-refractivity contribution in [1.29, 1.82) is 0 Å². The molecule has 0 bridgehead atoms. The fourth-order valence-corrected chi connectivity index (χ4v) is 2.15. The van der Waals surface area contributed by atoms with E-state index in [1.807, 2.05) is 14.1 Å². The topological polar surface area (TPSA) is 68.2 Å². The second-order valence-corrected chi connectivity index (χ2v) is 5.78. The Morgan fingerprint density at radius 3 is 2.53 bits per heavy atom. The molecule has 19 heavy (non-hydrogen) atoms. The molecule has 110 valence electrons. The summed E-state index contributed by atoms with van der Waals surface area (Å²) < 4.78 is 5.29. The highest BCUT2D eigenvalue weighted by Crippen LogP contribution is 2.20. The van der Waals surface area contributed by atoms with Crippen LogP contribution in [0.5, 0.6) is 0 Å². The van der Waals surface area contributed by atoms with Gasteiger partial charge in [-0.1, -0.05) is 19.0 Å². The van der Waals surface area contributed by atoms with Crippen molar-refractivity contribution in [1.82, 2.24) is 15.0 Å². The van der Waals surface area contributed by atoms with Crippen molar-refractivity contribution in [3.8, 4) is 0 Å². The van der Waals surface area contributed by atoms with Crippen LogP contribution < -0.4 is 5.73 Å². The van der Waals surface area contributed by atoms with Gasteiger partial charge in [-0.15, -0.1) is 0 Å². The van der Waals surface area contributed by atoms with Crippen molar-refractivity contribution in [3.63, 3.8) is 0 Å². The number of nitrogens with zero attached hydrogens (tertiary/aromatic N) is 3. The third-order valence-corrected chi connectivity index (χ3v) is 3.50. The summed E-state index contributed by atoms with van der Waals surface area (Å²) in [5.74, 6) is 2.86. The minimum Gasteiger partial charge on any atom is -0.339 e. The Balaban J connectivity index is 2.40. The summed E-state index contributed by atoms with van der Waals surface area (Å²) in [6.45, 7) is 6.19. The van der Waals surface area contributed by atoms with E-state index in [4.69, 9.17) is 10.3 Å². The molecule has 1 atom stereocenters. The average molecular weight is 268 g/mol. The van der Waals surface area contributed by atoms with E-state index in [2.05, 4.69) is 28.9 Å². The van der Waals surface area contributed by atoms with Crippen LogP contribution in [0.1, 0.15) is 38.4 Å². The average Bonchev–Trinajstić information content (AvgIpc) is 2.79. The van der Waals surface area contributed by atoms with Gasteiger partial charge in [0, 0.05) is 19.4 Å². The summed E-state index contributed by atoms with van der Waals surface area (Å²) >= 11 is 0. The van der Waals surface area contributed by atoms with Crippen LogP contribution in [0.3, 0.4) is 0 Å². The van der Waals surface area contributed by atoms with Gasteiger partial charge in [-0.05, 0) is 45.3 Å². The van der Waals surface area contributed by atoms with E-state index in [-0.39, 0.29) is 0 Å². The van der Waals surface area contributed by atoms with E-state index in [0.717, 1.165) is 50.5 Å². The highest BCUT2D eigenvalue weighted by Gasteiger charge is 2.15. The lowest BCUT2D eigenvalue weighted by Crippen LogP contribution is -2.16. The van der Waals surface area contributed by atoms with Gasteiger partial charge >= 0.3 is 0 Å². The largest absolute Gasteiger partial charge is 0.339 e. The van der Waals surface area contributed by atoms with Crippen LogP contribution in [-0.4, -0.2) is 42.2 Å².